The molecular weight excluding hydrogens is 300 g/mol. The van der Waals surface area contributed by atoms with Crippen molar-refractivity contribution in [2.45, 2.75) is 39.7 Å². The van der Waals surface area contributed by atoms with Gasteiger partial charge in [-0.05, 0) is 53.3 Å². The Morgan fingerprint density at radius 1 is 1.08 bits per heavy atom. The Morgan fingerprint density at radius 3 is 2.46 bits per heavy atom. The fourth-order valence-corrected chi connectivity index (χ4v) is 2.60. The van der Waals surface area contributed by atoms with Crippen molar-refractivity contribution in [1.82, 2.24) is 0 Å². The zero-order valence-corrected chi connectivity index (χ0v) is 15.1. The van der Waals surface area contributed by atoms with Crippen LogP contribution in [-0.2, 0) is 12.0 Å². The van der Waals surface area contributed by atoms with Gasteiger partial charge < -0.3 is 15.3 Å². The first-order chi connectivity index (χ1) is 11.3. The van der Waals surface area contributed by atoms with E-state index in [9.17, 15) is 0 Å². The Morgan fingerprint density at radius 2 is 1.83 bits per heavy atom. The molecular formula is C20H26N2O2. The SMILES string of the molecule is COc1ccc(C=NN)cc1COc1cc(C)ccc1C(C)(C)C. The van der Waals surface area contributed by atoms with Gasteiger partial charge in [-0.3, -0.25) is 0 Å². The minimum absolute atomic E-state index is 0.0151. The molecule has 0 spiro atoms. The minimum atomic E-state index is 0.0151. The van der Waals surface area contributed by atoms with Crippen LogP contribution in [0.25, 0.3) is 0 Å². The third-order valence-corrected chi connectivity index (χ3v) is 3.86. The molecule has 0 aliphatic carbocycles. The topological polar surface area (TPSA) is 56.8 Å². The number of hydrogen-bond donors (Lipinski definition) is 1. The molecule has 0 atom stereocenters. The van der Waals surface area contributed by atoms with Crippen LogP contribution in [0.2, 0.25) is 0 Å². The van der Waals surface area contributed by atoms with E-state index in [1.54, 1.807) is 13.3 Å². The first kappa shape index (κ1) is 17.9. The van der Waals surface area contributed by atoms with Gasteiger partial charge in [0.1, 0.15) is 18.1 Å². The summed E-state index contributed by atoms with van der Waals surface area (Å²) in [5, 5.41) is 3.57. The summed E-state index contributed by atoms with van der Waals surface area (Å²) in [5.74, 6) is 6.93. The summed E-state index contributed by atoms with van der Waals surface area (Å²) >= 11 is 0. The maximum atomic E-state index is 6.15. The molecule has 0 fully saturated rings. The van der Waals surface area contributed by atoms with Crippen molar-refractivity contribution in [3.05, 3.63) is 58.7 Å². The Kier molecular flexibility index (Phi) is 5.50. The number of hydrazone groups is 1. The highest BCUT2D eigenvalue weighted by atomic mass is 16.5. The van der Waals surface area contributed by atoms with Crippen LogP contribution < -0.4 is 15.3 Å². The van der Waals surface area contributed by atoms with Crippen LogP contribution in [0.15, 0.2) is 41.5 Å². The van der Waals surface area contributed by atoms with Gasteiger partial charge >= 0.3 is 0 Å². The lowest BCUT2D eigenvalue weighted by molar-refractivity contribution is 0.289. The number of ether oxygens (including phenoxy) is 2. The number of nitrogens with two attached hydrogens (primary N) is 1. The van der Waals surface area contributed by atoms with E-state index in [1.807, 2.05) is 18.2 Å². The fraction of sp³-hybridized carbons (Fsp3) is 0.350. The van der Waals surface area contributed by atoms with Crippen LogP contribution >= 0.6 is 0 Å². The van der Waals surface area contributed by atoms with Gasteiger partial charge in [-0.25, -0.2) is 0 Å². The quantitative estimate of drug-likeness (QED) is 0.509. The van der Waals surface area contributed by atoms with Crippen molar-refractivity contribution in [3.63, 3.8) is 0 Å². The first-order valence-corrected chi connectivity index (χ1v) is 7.99. The van der Waals surface area contributed by atoms with Crippen molar-refractivity contribution in [2.24, 2.45) is 10.9 Å². The largest absolute Gasteiger partial charge is 0.496 e. The molecule has 0 saturated carbocycles. The number of nitrogens with zero attached hydrogens (tertiary/aromatic N) is 1. The summed E-state index contributed by atoms with van der Waals surface area (Å²) in [6.07, 6.45) is 1.61. The third-order valence-electron chi connectivity index (χ3n) is 3.86. The van der Waals surface area contributed by atoms with E-state index in [4.69, 9.17) is 15.3 Å². The summed E-state index contributed by atoms with van der Waals surface area (Å²) in [4.78, 5) is 0. The zero-order chi connectivity index (χ0) is 17.7. The van der Waals surface area contributed by atoms with Gasteiger partial charge in [0, 0.05) is 5.56 Å². The van der Waals surface area contributed by atoms with Gasteiger partial charge in [-0.15, -0.1) is 0 Å². The molecule has 0 aromatic heterocycles. The lowest BCUT2D eigenvalue weighted by Gasteiger charge is -2.23. The van der Waals surface area contributed by atoms with E-state index < -0.39 is 0 Å². The molecule has 2 aromatic rings. The van der Waals surface area contributed by atoms with E-state index in [-0.39, 0.29) is 5.41 Å². The van der Waals surface area contributed by atoms with Crippen LogP contribution in [0.1, 0.15) is 43.0 Å². The van der Waals surface area contributed by atoms with Gasteiger partial charge in [0.15, 0.2) is 0 Å². The third kappa shape index (κ3) is 4.28. The van der Waals surface area contributed by atoms with Crippen LogP contribution in [0.5, 0.6) is 11.5 Å². The second-order valence-electron chi connectivity index (χ2n) is 6.89. The summed E-state index contributed by atoms with van der Waals surface area (Å²) in [5.41, 5.74) is 4.25. The second-order valence-corrected chi connectivity index (χ2v) is 6.89. The molecule has 0 amide bonds. The number of methoxy groups -OCH3 is 1. The fourth-order valence-electron chi connectivity index (χ4n) is 2.60. The molecule has 2 N–H and O–H groups in total. The smallest absolute Gasteiger partial charge is 0.125 e. The summed E-state index contributed by atoms with van der Waals surface area (Å²) in [6.45, 7) is 9.04. The summed E-state index contributed by atoms with van der Waals surface area (Å²) in [6, 6.07) is 12.1. The molecule has 2 aromatic carbocycles. The van der Waals surface area contributed by atoms with Crippen molar-refractivity contribution in [3.8, 4) is 11.5 Å². The highest BCUT2D eigenvalue weighted by molar-refractivity contribution is 5.80. The number of rotatable bonds is 5. The molecule has 0 saturated heterocycles. The Labute approximate surface area is 144 Å². The van der Waals surface area contributed by atoms with Crippen molar-refractivity contribution < 1.29 is 9.47 Å². The van der Waals surface area contributed by atoms with E-state index in [1.165, 1.54) is 11.1 Å². The molecule has 0 unspecified atom stereocenters. The van der Waals surface area contributed by atoms with E-state index in [0.29, 0.717) is 6.61 Å². The van der Waals surface area contributed by atoms with Crippen LogP contribution in [0, 0.1) is 6.92 Å². The molecule has 4 heteroatoms. The number of benzene rings is 2. The second kappa shape index (κ2) is 7.39. The molecule has 2 rings (SSSR count). The lowest BCUT2D eigenvalue weighted by Crippen LogP contribution is -2.13. The zero-order valence-electron chi connectivity index (χ0n) is 15.1. The minimum Gasteiger partial charge on any atom is -0.496 e. The summed E-state index contributed by atoms with van der Waals surface area (Å²) < 4.78 is 11.6. The molecule has 128 valence electrons. The van der Waals surface area contributed by atoms with E-state index in [0.717, 1.165) is 22.6 Å². The van der Waals surface area contributed by atoms with Crippen LogP contribution in [0.4, 0.5) is 0 Å². The predicted octanol–water partition coefficient (Wildman–Crippen LogP) is 4.17. The van der Waals surface area contributed by atoms with Crippen LogP contribution in [-0.4, -0.2) is 13.3 Å². The summed E-state index contributed by atoms with van der Waals surface area (Å²) in [7, 11) is 1.66. The molecule has 0 heterocycles. The molecule has 0 aliphatic heterocycles. The number of aryl methyl sites for hydroxylation is 1. The highest BCUT2D eigenvalue weighted by Gasteiger charge is 2.19. The van der Waals surface area contributed by atoms with Gasteiger partial charge in [-0.1, -0.05) is 32.9 Å². The van der Waals surface area contributed by atoms with Crippen LogP contribution in [0.3, 0.4) is 0 Å². The standard InChI is InChI=1S/C20H26N2O2/c1-14-6-8-17(20(2,3)4)19(10-14)24-13-16-11-15(12-22-21)7-9-18(16)23-5/h6-12H,13,21H2,1-5H3. The van der Waals surface area contributed by atoms with E-state index >= 15 is 0 Å². The highest BCUT2D eigenvalue weighted by Crippen LogP contribution is 2.33. The van der Waals surface area contributed by atoms with Crippen molar-refractivity contribution in [1.29, 1.82) is 0 Å². The average Bonchev–Trinajstić information content (AvgIpc) is 2.52. The first-order valence-electron chi connectivity index (χ1n) is 7.99. The van der Waals surface area contributed by atoms with Gasteiger partial charge in [-0.2, -0.15) is 5.10 Å². The van der Waals surface area contributed by atoms with Crippen molar-refractivity contribution in [2.75, 3.05) is 7.11 Å². The Bertz CT molecular complexity index is 731. The lowest BCUT2D eigenvalue weighted by atomic mass is 9.86. The van der Waals surface area contributed by atoms with E-state index in [2.05, 4.69) is 51.0 Å². The van der Waals surface area contributed by atoms with Gasteiger partial charge in [0.2, 0.25) is 0 Å². The van der Waals surface area contributed by atoms with Crippen molar-refractivity contribution >= 4 is 6.21 Å². The normalized spacial score (nSPS) is 11.7. The molecule has 0 bridgehead atoms. The van der Waals surface area contributed by atoms with Gasteiger partial charge in [0.05, 0.1) is 13.3 Å². The predicted molar refractivity (Wildman–Crippen MR) is 99.0 cm³/mol. The monoisotopic (exact) mass is 326 g/mol. The number of hydrogen-bond acceptors (Lipinski definition) is 4. The molecule has 24 heavy (non-hydrogen) atoms. The van der Waals surface area contributed by atoms with Gasteiger partial charge in [0.25, 0.3) is 0 Å². The Hall–Kier alpha value is -2.49. The molecule has 0 aliphatic rings. The maximum absolute atomic E-state index is 6.15. The Balaban J connectivity index is 2.31. The molecule has 4 nitrogen and oxygen atoms in total. The average molecular weight is 326 g/mol. The maximum Gasteiger partial charge on any atom is 0.125 e. The molecule has 0 radical (unpaired) electrons.